The molecule has 0 bridgehead atoms. The summed E-state index contributed by atoms with van der Waals surface area (Å²) in [6.07, 6.45) is 3.24. The van der Waals surface area contributed by atoms with Gasteiger partial charge in [-0.2, -0.15) is 0 Å². The molecule has 0 saturated heterocycles. The molecule has 3 N–H and O–H groups in total. The lowest BCUT2D eigenvalue weighted by Gasteiger charge is -2.37. The van der Waals surface area contributed by atoms with Crippen molar-refractivity contribution in [3.63, 3.8) is 0 Å². The number of benzene rings is 2. The van der Waals surface area contributed by atoms with Gasteiger partial charge in [0.05, 0.1) is 0 Å². The molecular weight excluding hydrogens is 432 g/mol. The first-order valence-corrected chi connectivity index (χ1v) is 12.1. The van der Waals surface area contributed by atoms with E-state index >= 15 is 0 Å². The van der Waals surface area contributed by atoms with E-state index in [1.54, 1.807) is 0 Å². The number of rotatable bonds is 8. The highest BCUT2D eigenvalue weighted by molar-refractivity contribution is 5.79. The van der Waals surface area contributed by atoms with Gasteiger partial charge in [0, 0.05) is 30.8 Å². The summed E-state index contributed by atoms with van der Waals surface area (Å²) in [7, 11) is 0. The number of carboxylic acids is 1. The van der Waals surface area contributed by atoms with Crippen LogP contribution in [-0.4, -0.2) is 41.8 Å². The molecule has 2 saturated carbocycles. The first-order valence-electron chi connectivity index (χ1n) is 12.1. The molecule has 178 valence electrons. The Kier molecular flexibility index (Phi) is 6.26. The molecule has 0 spiro atoms. The average Bonchev–Trinajstić information content (AvgIpc) is 3.08. The van der Waals surface area contributed by atoms with E-state index in [0.29, 0.717) is 13.0 Å². The topological polar surface area (TPSA) is 105 Å². The van der Waals surface area contributed by atoms with Gasteiger partial charge in [-0.25, -0.2) is 4.79 Å². The normalized spacial score (nSPS) is 24.7. The zero-order chi connectivity index (χ0) is 23.7. The number of hydrogen-bond donors (Lipinski definition) is 3. The number of hydrogen-bond acceptors (Lipinski definition) is 4. The first-order chi connectivity index (χ1) is 16.5. The van der Waals surface area contributed by atoms with Crippen molar-refractivity contribution in [3.05, 3.63) is 59.7 Å². The largest absolute Gasteiger partial charge is 0.481 e. The first kappa shape index (κ1) is 22.4. The molecular formula is C27H30N2O5. The molecule has 2 fully saturated rings. The molecule has 0 heterocycles. The van der Waals surface area contributed by atoms with Crippen molar-refractivity contribution in [3.8, 4) is 11.1 Å². The minimum absolute atomic E-state index is 0.0170. The number of amides is 2. The van der Waals surface area contributed by atoms with Gasteiger partial charge in [0.1, 0.15) is 6.61 Å². The van der Waals surface area contributed by atoms with E-state index in [2.05, 4.69) is 34.9 Å². The number of carboxylic acid groups (broad SMARTS) is 1. The fourth-order valence-electron chi connectivity index (χ4n) is 5.64. The third kappa shape index (κ3) is 4.79. The van der Waals surface area contributed by atoms with Crippen LogP contribution in [0.5, 0.6) is 0 Å². The third-order valence-electron chi connectivity index (χ3n) is 7.44. The lowest BCUT2D eigenvalue weighted by atomic mass is 9.76. The van der Waals surface area contributed by atoms with Gasteiger partial charge in [0.15, 0.2) is 0 Å². The van der Waals surface area contributed by atoms with E-state index in [-0.39, 0.29) is 42.2 Å². The minimum atomic E-state index is -0.779. The van der Waals surface area contributed by atoms with Crippen molar-refractivity contribution < 1.29 is 24.2 Å². The Morgan fingerprint density at radius 2 is 1.32 bits per heavy atom. The highest BCUT2D eigenvalue weighted by Crippen LogP contribution is 2.44. The van der Waals surface area contributed by atoms with Gasteiger partial charge in [0.2, 0.25) is 5.91 Å². The second-order valence-corrected chi connectivity index (χ2v) is 9.91. The highest BCUT2D eigenvalue weighted by atomic mass is 16.5. The molecule has 3 aliphatic carbocycles. The summed E-state index contributed by atoms with van der Waals surface area (Å²) in [4.78, 5) is 35.3. The van der Waals surface area contributed by atoms with Gasteiger partial charge >= 0.3 is 12.1 Å². The van der Waals surface area contributed by atoms with Gasteiger partial charge in [-0.1, -0.05) is 48.5 Å². The Morgan fingerprint density at radius 3 is 1.91 bits per heavy atom. The Labute approximate surface area is 198 Å². The molecule has 2 aromatic carbocycles. The van der Waals surface area contributed by atoms with Crippen molar-refractivity contribution in [1.29, 1.82) is 0 Å². The fourth-order valence-corrected chi connectivity index (χ4v) is 5.64. The molecule has 0 atom stereocenters. The van der Waals surface area contributed by atoms with Crippen molar-refractivity contribution in [2.75, 3.05) is 6.61 Å². The summed E-state index contributed by atoms with van der Waals surface area (Å²) in [6.45, 7) is 0.294. The number of aliphatic carboxylic acids is 1. The summed E-state index contributed by atoms with van der Waals surface area (Å²) in [5, 5.41) is 14.7. The smallest absolute Gasteiger partial charge is 0.407 e. The Balaban J connectivity index is 1.02. The minimum Gasteiger partial charge on any atom is -0.481 e. The molecule has 0 aromatic heterocycles. The summed E-state index contributed by atoms with van der Waals surface area (Å²) >= 11 is 0. The maximum atomic E-state index is 12.4. The molecule has 7 nitrogen and oxygen atoms in total. The molecule has 0 aliphatic heterocycles. The van der Waals surface area contributed by atoms with E-state index in [4.69, 9.17) is 9.84 Å². The van der Waals surface area contributed by atoms with Gasteiger partial charge in [-0.05, 0) is 59.8 Å². The number of ether oxygens (including phenoxy) is 1. The van der Waals surface area contributed by atoms with Crippen molar-refractivity contribution in [2.24, 2.45) is 11.8 Å². The summed E-state index contributed by atoms with van der Waals surface area (Å²) in [6, 6.07) is 16.6. The maximum absolute atomic E-state index is 12.4. The number of carbonyl (C=O) groups is 3. The SMILES string of the molecule is O=C(O)CC1CC(NC(=O)CC2CC(NC(=O)OCC3c4ccccc4-c4ccccc43)C2)C1. The lowest BCUT2D eigenvalue weighted by molar-refractivity contribution is -0.139. The van der Waals surface area contributed by atoms with Crippen LogP contribution in [0.25, 0.3) is 11.1 Å². The van der Waals surface area contributed by atoms with Crippen LogP contribution in [-0.2, 0) is 14.3 Å². The van der Waals surface area contributed by atoms with Gasteiger partial charge < -0.3 is 20.5 Å². The number of carbonyl (C=O) groups excluding carboxylic acids is 2. The fraction of sp³-hybridized carbons (Fsp3) is 0.444. The maximum Gasteiger partial charge on any atom is 0.407 e. The summed E-state index contributed by atoms with van der Waals surface area (Å²) in [5.74, 6) is -0.286. The van der Waals surface area contributed by atoms with Crippen molar-refractivity contribution >= 4 is 18.0 Å². The van der Waals surface area contributed by atoms with Crippen molar-refractivity contribution in [1.82, 2.24) is 10.6 Å². The van der Waals surface area contributed by atoms with E-state index in [9.17, 15) is 14.4 Å². The third-order valence-corrected chi connectivity index (χ3v) is 7.44. The van der Waals surface area contributed by atoms with Crippen LogP contribution in [0, 0.1) is 11.8 Å². The Bertz CT molecular complexity index is 1040. The lowest BCUT2D eigenvalue weighted by Crippen LogP contribution is -2.48. The van der Waals surface area contributed by atoms with E-state index in [0.717, 1.165) is 25.7 Å². The second-order valence-electron chi connectivity index (χ2n) is 9.91. The Morgan fingerprint density at radius 1 is 0.794 bits per heavy atom. The Hall–Kier alpha value is -3.35. The van der Waals surface area contributed by atoms with E-state index < -0.39 is 12.1 Å². The zero-order valence-electron chi connectivity index (χ0n) is 19.0. The van der Waals surface area contributed by atoms with Crippen molar-refractivity contribution in [2.45, 2.75) is 56.5 Å². The monoisotopic (exact) mass is 462 g/mol. The van der Waals surface area contributed by atoms with Crippen LogP contribution in [0.4, 0.5) is 4.79 Å². The molecule has 7 heteroatoms. The second kappa shape index (κ2) is 9.49. The van der Waals surface area contributed by atoms with Crippen LogP contribution < -0.4 is 10.6 Å². The summed E-state index contributed by atoms with van der Waals surface area (Å²) < 4.78 is 5.60. The van der Waals surface area contributed by atoms with Gasteiger partial charge in [0.25, 0.3) is 0 Å². The molecule has 5 rings (SSSR count). The zero-order valence-corrected chi connectivity index (χ0v) is 19.0. The molecule has 2 amide bonds. The van der Waals surface area contributed by atoms with Crippen LogP contribution in [0.2, 0.25) is 0 Å². The van der Waals surface area contributed by atoms with Crippen LogP contribution in [0.1, 0.15) is 55.6 Å². The molecule has 34 heavy (non-hydrogen) atoms. The predicted molar refractivity (Wildman–Crippen MR) is 126 cm³/mol. The molecule has 0 unspecified atom stereocenters. The van der Waals surface area contributed by atoms with Crippen LogP contribution >= 0.6 is 0 Å². The highest BCUT2D eigenvalue weighted by Gasteiger charge is 2.35. The quantitative estimate of drug-likeness (QED) is 0.549. The predicted octanol–water partition coefficient (Wildman–Crippen LogP) is 4.06. The van der Waals surface area contributed by atoms with Crippen LogP contribution in [0.15, 0.2) is 48.5 Å². The van der Waals surface area contributed by atoms with E-state index in [1.165, 1.54) is 22.3 Å². The molecule has 0 radical (unpaired) electrons. The van der Waals surface area contributed by atoms with E-state index in [1.807, 2.05) is 24.3 Å². The van der Waals surface area contributed by atoms with Gasteiger partial charge in [-0.3, -0.25) is 9.59 Å². The number of alkyl carbamates (subject to hydrolysis) is 1. The summed E-state index contributed by atoms with van der Waals surface area (Å²) in [5.41, 5.74) is 4.77. The molecule has 3 aliphatic rings. The number of fused-ring (bicyclic) bond motifs is 3. The standard InChI is InChI=1S/C27H30N2O5/c30-25(28-18-11-17(12-18)14-26(31)32)13-16-9-19(10-16)29-27(33)34-15-24-22-7-3-1-5-20(22)21-6-2-4-8-23(21)24/h1-8,16-19,24H,9-15H2,(H,28,30)(H,29,33)(H,31,32). The number of nitrogens with one attached hydrogen (secondary N) is 2. The van der Waals surface area contributed by atoms with Crippen LogP contribution in [0.3, 0.4) is 0 Å². The van der Waals surface area contributed by atoms with Gasteiger partial charge in [-0.15, -0.1) is 0 Å². The average molecular weight is 463 g/mol. The molecule has 2 aromatic rings.